The average Bonchev–Trinajstić information content (AvgIpc) is 1.46. The van der Waals surface area contributed by atoms with Gasteiger partial charge in [0.05, 0.1) is 23.5 Å². The molecule has 26 fully saturated rings. The first-order valence-corrected chi connectivity index (χ1v) is 56.4. The number of pyridine rings is 1. The van der Waals surface area contributed by atoms with E-state index in [9.17, 15) is 18.0 Å². The Balaban J connectivity index is 0.000000106. The van der Waals surface area contributed by atoms with E-state index in [0.29, 0.717) is 82.6 Å². The normalized spacial score (nSPS) is 47.2. The van der Waals surface area contributed by atoms with Gasteiger partial charge in [-0.3, -0.25) is 9.78 Å². The van der Waals surface area contributed by atoms with Gasteiger partial charge in [0.1, 0.15) is 0 Å². The van der Waals surface area contributed by atoms with Crippen LogP contribution < -0.4 is 0 Å². The number of fused-ring (bicyclic) bond motifs is 10. The minimum absolute atomic E-state index is 0.00405. The third-order valence-electron chi connectivity index (χ3n) is 38.6. The van der Waals surface area contributed by atoms with Crippen molar-refractivity contribution < 1.29 is 137 Å². The number of esters is 2. The first-order valence-electron chi connectivity index (χ1n) is 54.6. The number of aryl methyl sites for hydroxylation is 1. The molecule has 1 aromatic heterocycles. The molecule has 30 nitrogen and oxygen atoms in total. The summed E-state index contributed by atoms with van der Waals surface area (Å²) in [4.78, 5) is 89.1. The fourth-order valence-corrected chi connectivity index (χ4v) is 31.6. The van der Waals surface area contributed by atoms with Gasteiger partial charge in [-0.25, -0.2) is 57.9 Å². The first-order chi connectivity index (χ1) is 68.9. The van der Waals surface area contributed by atoms with Crippen LogP contribution in [0.15, 0.2) is 114 Å². The van der Waals surface area contributed by atoms with Crippen LogP contribution in [0.2, 0.25) is 0 Å². The lowest BCUT2D eigenvalue weighted by Crippen LogP contribution is -2.70. The molecule has 3 aromatic carbocycles. The van der Waals surface area contributed by atoms with Crippen LogP contribution in [0.3, 0.4) is 0 Å². The van der Waals surface area contributed by atoms with E-state index < -0.39 is 123 Å². The maximum Gasteiger partial charge on any atom is 0.340 e. The Morgan fingerprint density at radius 1 is 0.361 bits per heavy atom. The second-order valence-corrected chi connectivity index (χ2v) is 49.9. The lowest BCUT2D eigenvalue weighted by Gasteiger charge is -2.60. The number of hydrogen-bond donors (Lipinski definition) is 0. The van der Waals surface area contributed by atoms with Crippen molar-refractivity contribution in [3.63, 3.8) is 0 Å². The lowest BCUT2D eigenvalue weighted by molar-refractivity contribution is -0.577. The summed E-state index contributed by atoms with van der Waals surface area (Å²) in [7, 11) is -3.98. The highest BCUT2D eigenvalue weighted by Gasteiger charge is 2.77. The number of ether oxygens (including phenoxy) is 14. The van der Waals surface area contributed by atoms with Crippen LogP contribution in [-0.2, 0) is 147 Å². The molecule has 0 amide bonds. The predicted octanol–water partition coefficient (Wildman–Crippen LogP) is 21.3. The fourth-order valence-electron chi connectivity index (χ4n) is 30.3. The molecule has 144 heavy (non-hydrogen) atoms. The molecular weight excluding hydrogens is 1890 g/mol. The highest BCUT2D eigenvalue weighted by molar-refractivity contribution is 7.86. The summed E-state index contributed by atoms with van der Waals surface area (Å²) in [5, 5.41) is 0.548. The Kier molecular flexibility index (Phi) is 29.7. The van der Waals surface area contributed by atoms with Crippen molar-refractivity contribution in [1.29, 1.82) is 0 Å². The van der Waals surface area contributed by atoms with Crippen molar-refractivity contribution in [2.24, 2.45) is 124 Å². The molecule has 0 N–H and O–H groups in total. The van der Waals surface area contributed by atoms with Crippen molar-refractivity contribution >= 4 is 39.3 Å². The molecule has 10 unspecified atom stereocenters. The summed E-state index contributed by atoms with van der Waals surface area (Å²) in [6.07, 6.45) is 25.9. The quantitative estimate of drug-likeness (QED) is 0.0462. The van der Waals surface area contributed by atoms with Crippen molar-refractivity contribution in [2.45, 2.75) is 415 Å². The smallest absolute Gasteiger partial charge is 0.340 e. The SMILES string of the molecule is C[C@@H]1CCC2[C@@H](C)[C@@H](OC(=O)Cc3ccccc3)O[C@@H]3O[C@@]4(C)CCC1[C@@]23OO4.C[C@@H]1CCC2[C@@H](C)[C@@H](OC(=O)c3ccncc3)O[C@@H]3O[C@@]4(C)CCC1[C@@]23OO4.C[C@@H]1CCC2[C@@H](C)[C@@H](OC(=S)Cc3ccccc3)O[C@@H]3O[C@@]4(C)CCC1[C@@]23OO4.C[C@@H]1CCC2[C@@H](C)[C@@H](OCCC3CCCCC3)O[C@@H]3O[C@@]4(C)CCC1[C@@]23OO4.Cc1ccc(S(=O)(=O)O[C@H]2O[C@@H]3O[C@@]4(C)CCC5[C@H](C)CCC([C@H]2C)[C@]53OO4)cc1. The molecule has 21 heterocycles. The van der Waals surface area contributed by atoms with E-state index in [1.165, 1.54) is 44.9 Å². The Hall–Kier alpha value is -5.29. The zero-order chi connectivity index (χ0) is 101. The van der Waals surface area contributed by atoms with Gasteiger partial charge < -0.3 is 66.3 Å². The van der Waals surface area contributed by atoms with E-state index in [1.54, 1.807) is 48.8 Å². The summed E-state index contributed by atoms with van der Waals surface area (Å²) in [6, 6.07) is 29.7. The first kappa shape index (κ1) is 104. The largest absolute Gasteiger partial charge is 0.458 e. The highest BCUT2D eigenvalue weighted by atomic mass is 32.2. The minimum Gasteiger partial charge on any atom is -0.458 e. The maximum atomic E-state index is 12.9. The third-order valence-corrected chi connectivity index (χ3v) is 40.1. The zero-order valence-electron chi connectivity index (χ0n) is 86.9. The summed E-state index contributed by atoms with van der Waals surface area (Å²) in [5.41, 5.74) is 0.452. The predicted molar refractivity (Wildman–Crippen MR) is 520 cm³/mol. The number of carbonyl (C=O) groups excluding carboxylic acids is 2. The summed E-state index contributed by atoms with van der Waals surface area (Å²) in [6.45, 7) is 34.3. The summed E-state index contributed by atoms with van der Waals surface area (Å²) >= 11 is 5.56. The molecule has 6 aliphatic carbocycles. The number of hydrogen-bond acceptors (Lipinski definition) is 31. The number of nitrogens with zero attached hydrogens (tertiary/aromatic N) is 1. The molecule has 0 radical (unpaired) electrons. The standard InChI is InChI=1S/C23H30O6.C23H30O5S.C23H38O5.C22H30O7S.C21H27NO6/c1-14-9-10-18-15(2)20(25-19(24)13-16-7-5-4-6-8-16)26-21-23(18)17(14)11-12-22(3,27-21)28-29-23;1-14-9-10-18-15(2)20(24-19(29)13-16-7-5-4-6-8-16)25-21-23(18)17(14)11-12-22(3,26-21)27-28-23;1-15-9-10-19-16(2)20(24-14-12-17-7-5-4-6-8-17)25-21-23(19)18(15)11-13-22(3,26-21)27-28-23;1-13-5-8-16(9-6-13)30(23,24)27-19-15(3)18-10-7-14(2)17-11-12-21(4)26-20(25-19)22(17,18)29-28-21;1-12-4-5-16-13(2)18(24-17(23)14-7-10-22-11-8-14)25-19-21(16)15(12)6-9-20(3,26-19)27-28-21/h2*4-8,14-15,17-18,20-21H,9-13H2,1-3H3;15-21H,4-14H2,1-3H3;5-6,8-9,14-15,17-20H,7,10-12H2,1-4H3;7-8,10-13,15-16,18-19H,4-6,9H2,1-3H3/t2*14-,15-,17?,18?,20+,21-,22-,23-;15-,16-,18?,19?,20+,21-,22-,23-;14-,15-,17?,18?,19-,20-,21-,22-;12-,13-,15?,16?,18+,19-,20-,21-/m11111/s1. The Bertz CT molecular complexity index is 5120. The molecule has 10 bridgehead atoms. The fraction of sp³-hybridized carbons (Fsp3) is 0.768. The topological polar surface area (TPSA) is 312 Å². The molecule has 20 aliphatic heterocycles. The summed E-state index contributed by atoms with van der Waals surface area (Å²) in [5.74, 6) is 1.37. The highest BCUT2D eigenvalue weighted by Crippen LogP contribution is 2.68. The summed E-state index contributed by atoms with van der Waals surface area (Å²) < 4.78 is 119. The van der Waals surface area contributed by atoms with Gasteiger partial charge >= 0.3 is 11.9 Å². The van der Waals surface area contributed by atoms with Crippen LogP contribution in [0.25, 0.3) is 0 Å². The molecule has 4 aromatic rings. The second kappa shape index (κ2) is 40.9. The Morgan fingerprint density at radius 2 is 0.688 bits per heavy atom. The van der Waals surface area contributed by atoms with Crippen LogP contribution >= 0.6 is 12.2 Å². The van der Waals surface area contributed by atoms with Crippen molar-refractivity contribution in [1.82, 2.24) is 4.98 Å². The van der Waals surface area contributed by atoms with E-state index in [1.807, 2.05) is 97.0 Å². The molecule has 40 atom stereocenters. The lowest BCUT2D eigenvalue weighted by atomic mass is 9.58. The van der Waals surface area contributed by atoms with Crippen LogP contribution in [0.1, 0.15) is 298 Å². The van der Waals surface area contributed by atoms with E-state index in [2.05, 4.69) is 79.4 Å². The van der Waals surface area contributed by atoms with E-state index in [4.69, 9.17) is 132 Å². The molecule has 5 spiro atoms. The maximum absolute atomic E-state index is 12.9. The molecule has 30 rings (SSSR count). The number of thiocarbonyl (C=S) groups is 1. The molecular formula is C112H155NO29S2. The van der Waals surface area contributed by atoms with Gasteiger partial charge in [0.15, 0.2) is 77.1 Å². The molecule has 6 saturated carbocycles. The van der Waals surface area contributed by atoms with Gasteiger partial charge in [0, 0.05) is 110 Å². The molecule has 26 aliphatic rings. The Morgan fingerprint density at radius 3 is 1.06 bits per heavy atom. The van der Waals surface area contributed by atoms with Crippen molar-refractivity contribution in [2.75, 3.05) is 6.61 Å². The van der Waals surface area contributed by atoms with E-state index in [-0.39, 0.29) is 89.0 Å². The van der Waals surface area contributed by atoms with E-state index in [0.717, 1.165) is 145 Å². The van der Waals surface area contributed by atoms with E-state index >= 15 is 0 Å². The number of carbonyl (C=O) groups is 2. The van der Waals surface area contributed by atoms with Gasteiger partial charge in [-0.05, 0) is 257 Å². The van der Waals surface area contributed by atoms with Gasteiger partial charge in [-0.2, -0.15) is 8.42 Å². The van der Waals surface area contributed by atoms with Gasteiger partial charge in [0.2, 0.25) is 47.8 Å². The van der Waals surface area contributed by atoms with Crippen molar-refractivity contribution in [3.05, 3.63) is 132 Å². The Labute approximate surface area is 854 Å². The number of rotatable bonds is 15. The monoisotopic (exact) mass is 2040 g/mol. The minimum atomic E-state index is -3.98. The zero-order valence-corrected chi connectivity index (χ0v) is 88.5. The van der Waals surface area contributed by atoms with Crippen LogP contribution in [0.5, 0.6) is 0 Å². The second-order valence-electron chi connectivity index (χ2n) is 47.8. The molecule has 32 heteroatoms. The molecule has 20 saturated heterocycles. The van der Waals surface area contributed by atoms with Crippen LogP contribution in [0, 0.1) is 131 Å². The van der Waals surface area contributed by atoms with Gasteiger partial charge in [-0.1, -0.05) is 180 Å². The van der Waals surface area contributed by atoms with Crippen molar-refractivity contribution in [3.8, 4) is 0 Å². The van der Waals surface area contributed by atoms with Crippen LogP contribution in [-0.4, -0.2) is 157 Å². The van der Waals surface area contributed by atoms with Gasteiger partial charge in [-0.15, -0.1) is 0 Å². The number of aromatic nitrogens is 1. The van der Waals surface area contributed by atoms with Gasteiger partial charge in [0.25, 0.3) is 10.1 Å². The third kappa shape index (κ3) is 19.1. The average molecular weight is 2040 g/mol. The number of benzene rings is 3. The van der Waals surface area contributed by atoms with Crippen LogP contribution in [0.4, 0.5) is 0 Å². The molecule has 794 valence electrons.